The molecule has 0 amide bonds. The van der Waals surface area contributed by atoms with Crippen molar-refractivity contribution in [3.63, 3.8) is 0 Å². The van der Waals surface area contributed by atoms with Crippen LogP contribution in [0.1, 0.15) is 96.8 Å². The summed E-state index contributed by atoms with van der Waals surface area (Å²) in [4.78, 5) is 0. The average molecular weight is 726 g/mol. The Bertz CT molecular complexity index is 533. The third-order valence-electron chi connectivity index (χ3n) is 7.62. The predicted molar refractivity (Wildman–Crippen MR) is 198 cm³/mol. The van der Waals surface area contributed by atoms with Crippen LogP contribution in [-0.4, -0.2) is 152 Å². The lowest BCUT2D eigenvalue weighted by Crippen LogP contribution is -2.15. The Morgan fingerprint density at radius 1 is 0.220 bits per heavy atom. The van der Waals surface area contributed by atoms with Gasteiger partial charge in [-0.1, -0.05) is 90.4 Å². The molecule has 0 aromatic heterocycles. The fourth-order valence-corrected chi connectivity index (χ4v) is 4.78. The summed E-state index contributed by atoms with van der Waals surface area (Å²) < 4.78 is 60.3. The number of nitrogens with two attached hydrogens (primary N) is 1. The summed E-state index contributed by atoms with van der Waals surface area (Å²) >= 11 is 0. The molecule has 50 heavy (non-hydrogen) atoms. The Labute approximate surface area is 306 Å². The minimum atomic E-state index is 0.522. The summed E-state index contributed by atoms with van der Waals surface area (Å²) in [5.74, 6) is 0. The van der Waals surface area contributed by atoms with Crippen LogP contribution in [0.4, 0.5) is 0 Å². The van der Waals surface area contributed by atoms with E-state index in [0.717, 1.165) is 13.0 Å². The third kappa shape index (κ3) is 47.5. The second kappa shape index (κ2) is 48.5. The van der Waals surface area contributed by atoms with E-state index in [0.29, 0.717) is 145 Å². The molecule has 0 heterocycles. The summed E-state index contributed by atoms with van der Waals surface area (Å²) in [6, 6.07) is 0. The van der Waals surface area contributed by atoms with Gasteiger partial charge in [-0.3, -0.25) is 0 Å². The van der Waals surface area contributed by atoms with Gasteiger partial charge in [0.15, 0.2) is 0 Å². The maximum absolute atomic E-state index is 5.68. The van der Waals surface area contributed by atoms with E-state index < -0.39 is 0 Å². The van der Waals surface area contributed by atoms with E-state index in [2.05, 4.69) is 6.92 Å². The smallest absolute Gasteiger partial charge is 0.0701 e. The Morgan fingerprint density at radius 3 is 0.620 bits per heavy atom. The highest BCUT2D eigenvalue weighted by molar-refractivity contribution is 4.49. The van der Waals surface area contributed by atoms with Gasteiger partial charge in [-0.15, -0.1) is 0 Å². The largest absolute Gasteiger partial charge is 0.379 e. The minimum Gasteiger partial charge on any atom is -0.379 e. The molecule has 0 aliphatic carbocycles. The van der Waals surface area contributed by atoms with Gasteiger partial charge in [0.25, 0.3) is 0 Å². The molecule has 0 aliphatic heterocycles. The molecule has 12 heteroatoms. The zero-order valence-electron chi connectivity index (χ0n) is 32.2. The first-order valence-electron chi connectivity index (χ1n) is 20.0. The average Bonchev–Trinajstić information content (AvgIpc) is 3.13. The van der Waals surface area contributed by atoms with Crippen molar-refractivity contribution in [3.8, 4) is 0 Å². The van der Waals surface area contributed by atoms with E-state index in [1.807, 2.05) is 0 Å². The molecular formula is C38H79NO11. The second-order valence-electron chi connectivity index (χ2n) is 12.1. The van der Waals surface area contributed by atoms with Crippen LogP contribution in [-0.2, 0) is 52.1 Å². The van der Waals surface area contributed by atoms with Gasteiger partial charge in [-0.2, -0.15) is 0 Å². The first kappa shape index (κ1) is 49.5. The van der Waals surface area contributed by atoms with Crippen molar-refractivity contribution >= 4 is 0 Å². The lowest BCUT2D eigenvalue weighted by Gasteiger charge is -2.09. The molecule has 0 atom stereocenters. The van der Waals surface area contributed by atoms with Crippen molar-refractivity contribution in [3.05, 3.63) is 0 Å². The fraction of sp³-hybridized carbons (Fsp3) is 1.00. The highest BCUT2D eigenvalue weighted by atomic mass is 16.6. The standard InChI is InChI=1S/C38H79NO11/c1-2-3-4-5-6-7-8-9-10-11-12-13-14-15-17-40-19-21-42-23-25-44-27-29-46-31-33-48-35-37-50-38-36-49-34-32-47-30-28-45-26-24-43-22-20-41-18-16-39/h2-39H2,1H3. The molecule has 0 saturated carbocycles. The monoisotopic (exact) mass is 726 g/mol. The van der Waals surface area contributed by atoms with Crippen molar-refractivity contribution in [1.29, 1.82) is 0 Å². The number of hydrogen-bond donors (Lipinski definition) is 1. The molecule has 0 radical (unpaired) electrons. The van der Waals surface area contributed by atoms with E-state index in [1.165, 1.54) is 83.5 Å². The highest BCUT2D eigenvalue weighted by Gasteiger charge is 1.98. The molecule has 0 aliphatic rings. The molecule has 0 fully saturated rings. The molecule has 2 N–H and O–H groups in total. The molecule has 0 aromatic carbocycles. The van der Waals surface area contributed by atoms with Gasteiger partial charge in [0.05, 0.1) is 139 Å². The van der Waals surface area contributed by atoms with Gasteiger partial charge in [-0.05, 0) is 6.42 Å². The van der Waals surface area contributed by atoms with Gasteiger partial charge < -0.3 is 57.8 Å². The maximum Gasteiger partial charge on any atom is 0.0701 e. The first-order valence-corrected chi connectivity index (χ1v) is 20.0. The summed E-state index contributed by atoms with van der Waals surface area (Å²) in [5, 5.41) is 0. The number of hydrogen-bond acceptors (Lipinski definition) is 12. The molecule has 302 valence electrons. The van der Waals surface area contributed by atoms with Crippen LogP contribution in [0.3, 0.4) is 0 Å². The fourth-order valence-electron chi connectivity index (χ4n) is 4.78. The Balaban J connectivity index is 3.04. The van der Waals surface area contributed by atoms with Crippen LogP contribution in [0.2, 0.25) is 0 Å². The lowest BCUT2D eigenvalue weighted by atomic mass is 10.0. The zero-order valence-corrected chi connectivity index (χ0v) is 32.2. The SMILES string of the molecule is CCCCCCCCCCCCCCCCOCCOCCOCCOCCOCCOCCOCCOCCOCCOCCOCCN. The van der Waals surface area contributed by atoms with Crippen LogP contribution in [0.15, 0.2) is 0 Å². The normalized spacial score (nSPS) is 11.6. The maximum atomic E-state index is 5.68. The first-order chi connectivity index (χ1) is 24.9. The molecule has 0 spiro atoms. The quantitative estimate of drug-likeness (QED) is 0.0784. The zero-order chi connectivity index (χ0) is 35.9. The van der Waals surface area contributed by atoms with E-state index >= 15 is 0 Å². The van der Waals surface area contributed by atoms with Crippen LogP contribution >= 0.6 is 0 Å². The van der Waals surface area contributed by atoms with Crippen molar-refractivity contribution in [2.75, 3.05) is 152 Å². The number of ether oxygens (including phenoxy) is 11. The second-order valence-corrected chi connectivity index (χ2v) is 12.1. The van der Waals surface area contributed by atoms with Crippen LogP contribution in [0.5, 0.6) is 0 Å². The Kier molecular flexibility index (Phi) is 48.1. The van der Waals surface area contributed by atoms with Gasteiger partial charge >= 0.3 is 0 Å². The molecule has 0 saturated heterocycles. The number of rotatable bonds is 47. The Hall–Kier alpha value is -0.480. The van der Waals surface area contributed by atoms with Crippen molar-refractivity contribution in [2.24, 2.45) is 5.73 Å². The Morgan fingerprint density at radius 2 is 0.400 bits per heavy atom. The summed E-state index contributed by atoms with van der Waals surface area (Å²) in [6.45, 7) is 15.1. The van der Waals surface area contributed by atoms with E-state index in [1.54, 1.807) is 0 Å². The number of unbranched alkanes of at least 4 members (excludes halogenated alkanes) is 13. The molecule has 0 bridgehead atoms. The molecule has 12 nitrogen and oxygen atoms in total. The van der Waals surface area contributed by atoms with Crippen molar-refractivity contribution in [2.45, 2.75) is 96.8 Å². The van der Waals surface area contributed by atoms with Crippen molar-refractivity contribution in [1.82, 2.24) is 0 Å². The third-order valence-corrected chi connectivity index (χ3v) is 7.62. The van der Waals surface area contributed by atoms with Gasteiger partial charge in [0, 0.05) is 13.2 Å². The van der Waals surface area contributed by atoms with Gasteiger partial charge in [-0.25, -0.2) is 0 Å². The van der Waals surface area contributed by atoms with Crippen LogP contribution in [0, 0.1) is 0 Å². The van der Waals surface area contributed by atoms with E-state index in [9.17, 15) is 0 Å². The van der Waals surface area contributed by atoms with Gasteiger partial charge in [0.1, 0.15) is 0 Å². The van der Waals surface area contributed by atoms with E-state index in [-0.39, 0.29) is 0 Å². The minimum absolute atomic E-state index is 0.522. The lowest BCUT2D eigenvalue weighted by molar-refractivity contribution is -0.0274. The van der Waals surface area contributed by atoms with Crippen LogP contribution < -0.4 is 5.73 Å². The predicted octanol–water partition coefficient (Wildman–Crippen LogP) is 5.61. The van der Waals surface area contributed by atoms with Crippen molar-refractivity contribution < 1.29 is 52.1 Å². The summed E-state index contributed by atoms with van der Waals surface area (Å²) in [6.07, 6.45) is 19.3. The van der Waals surface area contributed by atoms with Gasteiger partial charge in [0.2, 0.25) is 0 Å². The highest BCUT2D eigenvalue weighted by Crippen LogP contribution is 2.13. The molecule has 0 unspecified atom stereocenters. The topological polar surface area (TPSA) is 128 Å². The van der Waals surface area contributed by atoms with E-state index in [4.69, 9.17) is 57.8 Å². The molecule has 0 rings (SSSR count). The van der Waals surface area contributed by atoms with Crippen LogP contribution in [0.25, 0.3) is 0 Å². The molecule has 0 aromatic rings. The molecular weight excluding hydrogens is 646 g/mol. The summed E-state index contributed by atoms with van der Waals surface area (Å²) in [5.41, 5.74) is 5.34. The summed E-state index contributed by atoms with van der Waals surface area (Å²) in [7, 11) is 0.